The summed E-state index contributed by atoms with van der Waals surface area (Å²) in [6, 6.07) is 26.5. The second-order valence-corrected chi connectivity index (χ2v) is 11.8. The summed E-state index contributed by atoms with van der Waals surface area (Å²) in [5, 5.41) is 11.2. The minimum atomic E-state index is -0.849. The van der Waals surface area contributed by atoms with Crippen molar-refractivity contribution in [3.8, 4) is 0 Å². The first-order valence-corrected chi connectivity index (χ1v) is 15.0. The lowest BCUT2D eigenvalue weighted by Gasteiger charge is -2.23. The van der Waals surface area contributed by atoms with E-state index in [1.807, 2.05) is 69.3 Å². The number of carbonyl (C=O) groups excluding carboxylic acids is 2. The number of halogens is 2. The molecule has 0 aliphatic rings. The average Bonchev–Trinajstić information content (AvgIpc) is 2.96. The van der Waals surface area contributed by atoms with E-state index in [0.29, 0.717) is 36.0 Å². The predicted octanol–water partition coefficient (Wildman–Crippen LogP) is 8.77. The summed E-state index contributed by atoms with van der Waals surface area (Å²) < 4.78 is 28.0. The Morgan fingerprint density at radius 1 is 0.721 bits per heavy atom. The van der Waals surface area contributed by atoms with Crippen LogP contribution in [0.4, 0.5) is 8.78 Å². The summed E-state index contributed by atoms with van der Waals surface area (Å²) in [7, 11) is 0. The summed E-state index contributed by atoms with van der Waals surface area (Å²) in [5.41, 5.74) is 5.48. The van der Waals surface area contributed by atoms with Crippen LogP contribution in [0.5, 0.6) is 0 Å². The SMILES string of the molecule is Cc1cccc(CCC[C@@H](O)[C@@H](CC(=O)c2cc(C)cc(C(=O)C[C@H](C)c3ccccc3)c2)Cc2cc(F)cc(F)c2)c1. The maximum Gasteiger partial charge on any atom is 0.163 e. The molecule has 4 aromatic carbocycles. The van der Waals surface area contributed by atoms with Crippen molar-refractivity contribution in [2.45, 2.75) is 71.3 Å². The maximum atomic E-state index is 14.0. The van der Waals surface area contributed by atoms with E-state index in [2.05, 4.69) is 6.07 Å². The van der Waals surface area contributed by atoms with Crippen LogP contribution in [0.25, 0.3) is 0 Å². The van der Waals surface area contributed by atoms with Gasteiger partial charge in [0.2, 0.25) is 0 Å². The first kappa shape index (κ1) is 32.0. The van der Waals surface area contributed by atoms with Crippen LogP contribution in [-0.4, -0.2) is 22.8 Å². The second-order valence-electron chi connectivity index (χ2n) is 11.8. The highest BCUT2D eigenvalue weighted by Gasteiger charge is 2.25. The molecule has 5 heteroatoms. The molecule has 0 aliphatic heterocycles. The highest BCUT2D eigenvalue weighted by Crippen LogP contribution is 2.26. The minimum absolute atomic E-state index is 0.0127. The Morgan fingerprint density at radius 2 is 1.37 bits per heavy atom. The fraction of sp³-hybridized carbons (Fsp3) is 0.316. The van der Waals surface area contributed by atoms with Crippen LogP contribution in [0.2, 0.25) is 0 Å². The van der Waals surface area contributed by atoms with Gasteiger partial charge in [-0.1, -0.05) is 67.1 Å². The molecule has 0 saturated heterocycles. The average molecular weight is 583 g/mol. The Hall–Kier alpha value is -3.96. The lowest BCUT2D eigenvalue weighted by atomic mass is 9.84. The largest absolute Gasteiger partial charge is 0.393 e. The van der Waals surface area contributed by atoms with E-state index < -0.39 is 23.7 Å². The molecule has 0 amide bonds. The molecule has 3 nitrogen and oxygen atoms in total. The van der Waals surface area contributed by atoms with Crippen LogP contribution >= 0.6 is 0 Å². The quantitative estimate of drug-likeness (QED) is 0.151. The van der Waals surface area contributed by atoms with Gasteiger partial charge in [0.1, 0.15) is 11.6 Å². The third-order valence-corrected chi connectivity index (χ3v) is 8.04. The molecule has 0 bridgehead atoms. The second kappa shape index (κ2) is 15.0. The van der Waals surface area contributed by atoms with E-state index in [9.17, 15) is 23.5 Å². The third-order valence-electron chi connectivity index (χ3n) is 8.04. The van der Waals surface area contributed by atoms with Crippen molar-refractivity contribution in [1.82, 2.24) is 0 Å². The van der Waals surface area contributed by atoms with Crippen molar-refractivity contribution < 1.29 is 23.5 Å². The Balaban J connectivity index is 1.49. The summed E-state index contributed by atoms with van der Waals surface area (Å²) in [6.07, 6.45) is 1.53. The summed E-state index contributed by atoms with van der Waals surface area (Å²) in [6.45, 7) is 5.89. The molecular formula is C38H40F2O3. The Morgan fingerprint density at radius 3 is 2.02 bits per heavy atom. The summed E-state index contributed by atoms with van der Waals surface area (Å²) >= 11 is 0. The number of aliphatic hydroxyl groups is 1. The summed E-state index contributed by atoms with van der Waals surface area (Å²) in [4.78, 5) is 26.8. The van der Waals surface area contributed by atoms with Crippen molar-refractivity contribution in [2.24, 2.45) is 5.92 Å². The number of aryl methyl sites for hydroxylation is 3. The smallest absolute Gasteiger partial charge is 0.163 e. The van der Waals surface area contributed by atoms with E-state index in [0.717, 1.165) is 23.6 Å². The number of aliphatic hydroxyl groups excluding tert-OH is 1. The molecule has 4 rings (SSSR count). The zero-order chi connectivity index (χ0) is 30.9. The van der Waals surface area contributed by atoms with Crippen molar-refractivity contribution in [2.75, 3.05) is 0 Å². The topological polar surface area (TPSA) is 54.4 Å². The third kappa shape index (κ3) is 9.52. The number of hydrogen-bond donors (Lipinski definition) is 1. The fourth-order valence-electron chi connectivity index (χ4n) is 5.75. The first-order chi connectivity index (χ1) is 20.6. The standard InChI is InChI=1S/C38H40F2O3/c1-25-9-7-10-28(15-25)11-8-14-36(41)33(19-29-20-34(39)24-35(40)21-29)23-38(43)32-17-26(2)16-31(22-32)37(42)18-27(3)30-12-5-4-6-13-30/h4-7,9-10,12-13,15-17,20-22,24,27,33,36,41H,8,11,14,18-19,23H2,1-3H3/t27-,33+,36+/m0/s1. The number of hydrogen-bond acceptors (Lipinski definition) is 3. The molecule has 0 heterocycles. The fourth-order valence-corrected chi connectivity index (χ4v) is 5.75. The van der Waals surface area contributed by atoms with Gasteiger partial charge in [0.15, 0.2) is 11.6 Å². The maximum absolute atomic E-state index is 14.0. The molecule has 3 atom stereocenters. The van der Waals surface area contributed by atoms with Gasteiger partial charge >= 0.3 is 0 Å². The van der Waals surface area contributed by atoms with Crippen LogP contribution in [0.3, 0.4) is 0 Å². The van der Waals surface area contributed by atoms with Gasteiger partial charge in [-0.2, -0.15) is 0 Å². The Labute approximate surface area is 253 Å². The molecule has 224 valence electrons. The Kier molecular flexibility index (Phi) is 11.1. The predicted molar refractivity (Wildman–Crippen MR) is 168 cm³/mol. The van der Waals surface area contributed by atoms with Crippen molar-refractivity contribution >= 4 is 11.6 Å². The van der Waals surface area contributed by atoms with Crippen LogP contribution in [-0.2, 0) is 12.8 Å². The number of carbonyl (C=O) groups is 2. The number of Topliss-reactive ketones (excluding diaryl/α,β-unsaturated/α-hetero) is 2. The molecule has 43 heavy (non-hydrogen) atoms. The lowest BCUT2D eigenvalue weighted by Crippen LogP contribution is -2.26. The van der Waals surface area contributed by atoms with E-state index >= 15 is 0 Å². The highest BCUT2D eigenvalue weighted by atomic mass is 19.1. The van der Waals surface area contributed by atoms with Gasteiger partial charge in [0.05, 0.1) is 6.10 Å². The zero-order valence-electron chi connectivity index (χ0n) is 25.2. The summed E-state index contributed by atoms with van der Waals surface area (Å²) in [5.74, 6) is -2.17. The molecular weight excluding hydrogens is 542 g/mol. The molecule has 0 aromatic heterocycles. The van der Waals surface area contributed by atoms with Gasteiger partial charge in [-0.15, -0.1) is 0 Å². The van der Waals surface area contributed by atoms with E-state index in [-0.39, 0.29) is 30.3 Å². The van der Waals surface area contributed by atoms with Gasteiger partial charge in [-0.3, -0.25) is 9.59 Å². The number of rotatable bonds is 14. The molecule has 0 aliphatic carbocycles. The van der Waals surface area contributed by atoms with Gasteiger partial charge in [-0.05, 0) is 104 Å². The van der Waals surface area contributed by atoms with Crippen molar-refractivity contribution in [3.63, 3.8) is 0 Å². The molecule has 0 unspecified atom stereocenters. The highest BCUT2D eigenvalue weighted by molar-refractivity contribution is 6.02. The monoisotopic (exact) mass is 582 g/mol. The van der Waals surface area contributed by atoms with Crippen LogP contribution in [0, 0.1) is 31.4 Å². The van der Waals surface area contributed by atoms with Crippen LogP contribution < -0.4 is 0 Å². The van der Waals surface area contributed by atoms with Crippen molar-refractivity contribution in [1.29, 1.82) is 0 Å². The normalized spacial score (nSPS) is 13.3. The number of ketones is 2. The van der Waals surface area contributed by atoms with Gasteiger partial charge in [0, 0.05) is 30.0 Å². The first-order valence-electron chi connectivity index (χ1n) is 15.0. The molecule has 0 saturated carbocycles. The Bertz CT molecular complexity index is 1530. The molecule has 4 aromatic rings. The lowest BCUT2D eigenvalue weighted by molar-refractivity contribution is 0.0747. The molecule has 1 N–H and O–H groups in total. The van der Waals surface area contributed by atoms with E-state index in [1.165, 1.54) is 23.3 Å². The molecule has 0 spiro atoms. The van der Waals surface area contributed by atoms with Crippen LogP contribution in [0.15, 0.2) is 91.0 Å². The number of benzene rings is 4. The van der Waals surface area contributed by atoms with E-state index in [1.54, 1.807) is 18.2 Å². The van der Waals surface area contributed by atoms with Crippen molar-refractivity contribution in [3.05, 3.63) is 142 Å². The molecule has 0 fully saturated rings. The minimum Gasteiger partial charge on any atom is -0.393 e. The zero-order valence-corrected chi connectivity index (χ0v) is 25.2. The van der Waals surface area contributed by atoms with E-state index in [4.69, 9.17) is 0 Å². The van der Waals surface area contributed by atoms with Gasteiger partial charge < -0.3 is 5.11 Å². The van der Waals surface area contributed by atoms with Gasteiger partial charge in [0.25, 0.3) is 0 Å². The van der Waals surface area contributed by atoms with Crippen LogP contribution in [0.1, 0.15) is 87.1 Å². The van der Waals surface area contributed by atoms with Gasteiger partial charge in [-0.25, -0.2) is 8.78 Å². The molecule has 0 radical (unpaired) electrons.